The Morgan fingerprint density at radius 3 is 2.13 bits per heavy atom. The van der Waals surface area contributed by atoms with Crippen LogP contribution in [0.1, 0.15) is 37.0 Å². The van der Waals surface area contributed by atoms with Gasteiger partial charge in [-0.3, -0.25) is 9.10 Å². The van der Waals surface area contributed by atoms with E-state index in [1.807, 2.05) is 46.8 Å². The maximum absolute atomic E-state index is 12.2. The molecule has 1 aromatic carbocycles. The monoisotopic (exact) mass is 340 g/mol. The van der Waals surface area contributed by atoms with Crippen LogP contribution in [0, 0.1) is 26.7 Å². The van der Waals surface area contributed by atoms with Crippen molar-refractivity contribution in [3.05, 3.63) is 28.8 Å². The van der Waals surface area contributed by atoms with E-state index in [0.717, 1.165) is 16.7 Å². The van der Waals surface area contributed by atoms with E-state index < -0.39 is 10.0 Å². The minimum Gasteiger partial charge on any atom is -0.354 e. The first-order valence-corrected chi connectivity index (χ1v) is 9.69. The molecule has 0 atom stereocenters. The second-order valence-corrected chi connectivity index (χ2v) is 8.44. The van der Waals surface area contributed by atoms with E-state index in [9.17, 15) is 13.2 Å². The number of amides is 1. The molecule has 0 saturated carbocycles. The molecule has 0 spiro atoms. The quantitative estimate of drug-likeness (QED) is 0.829. The SMILES string of the molecule is Cc1cc(C)c(N(CCNC(=O)CC(C)C)S(C)(=O)=O)c(C)c1. The summed E-state index contributed by atoms with van der Waals surface area (Å²) in [7, 11) is -3.41. The van der Waals surface area contributed by atoms with Crippen LogP contribution in [0.2, 0.25) is 0 Å². The Kier molecular flexibility index (Phi) is 6.62. The fraction of sp³-hybridized carbons (Fsp3) is 0.588. The van der Waals surface area contributed by atoms with Crippen molar-refractivity contribution in [3.63, 3.8) is 0 Å². The second-order valence-electron chi connectivity index (χ2n) is 6.53. The molecular weight excluding hydrogens is 312 g/mol. The predicted octanol–water partition coefficient (Wildman–Crippen LogP) is 2.54. The van der Waals surface area contributed by atoms with Crippen LogP contribution in [0.3, 0.4) is 0 Å². The Balaban J connectivity index is 2.94. The maximum Gasteiger partial charge on any atom is 0.232 e. The molecule has 130 valence electrons. The van der Waals surface area contributed by atoms with Crippen molar-refractivity contribution in [3.8, 4) is 0 Å². The zero-order valence-electron chi connectivity index (χ0n) is 14.9. The number of carbonyl (C=O) groups is 1. The summed E-state index contributed by atoms with van der Waals surface area (Å²) in [6, 6.07) is 3.94. The summed E-state index contributed by atoms with van der Waals surface area (Å²) >= 11 is 0. The Labute approximate surface area is 140 Å². The van der Waals surface area contributed by atoms with Crippen LogP contribution in [0.4, 0.5) is 5.69 Å². The van der Waals surface area contributed by atoms with Gasteiger partial charge < -0.3 is 5.32 Å². The van der Waals surface area contributed by atoms with E-state index in [-0.39, 0.29) is 18.4 Å². The van der Waals surface area contributed by atoms with Crippen molar-refractivity contribution < 1.29 is 13.2 Å². The van der Waals surface area contributed by atoms with Gasteiger partial charge in [-0.2, -0.15) is 0 Å². The van der Waals surface area contributed by atoms with Crippen LogP contribution in [-0.4, -0.2) is 33.7 Å². The molecule has 0 radical (unpaired) electrons. The molecular formula is C17H28N2O3S. The molecule has 5 nitrogen and oxygen atoms in total. The molecule has 0 aliphatic rings. The van der Waals surface area contributed by atoms with Gasteiger partial charge in [0.25, 0.3) is 0 Å². The summed E-state index contributed by atoms with van der Waals surface area (Å²) in [6.45, 7) is 10.3. The van der Waals surface area contributed by atoms with Gasteiger partial charge in [0.2, 0.25) is 15.9 Å². The summed E-state index contributed by atoms with van der Waals surface area (Å²) < 4.78 is 25.8. The molecule has 1 amide bonds. The zero-order chi connectivity index (χ0) is 17.8. The van der Waals surface area contributed by atoms with Crippen molar-refractivity contribution >= 4 is 21.6 Å². The van der Waals surface area contributed by atoms with E-state index in [1.54, 1.807) is 0 Å². The van der Waals surface area contributed by atoms with E-state index in [1.165, 1.54) is 10.6 Å². The van der Waals surface area contributed by atoms with Crippen LogP contribution >= 0.6 is 0 Å². The van der Waals surface area contributed by atoms with Crippen molar-refractivity contribution in [1.29, 1.82) is 0 Å². The first-order valence-electron chi connectivity index (χ1n) is 7.84. The summed E-state index contributed by atoms with van der Waals surface area (Å²) in [4.78, 5) is 11.7. The van der Waals surface area contributed by atoms with Crippen molar-refractivity contribution in [1.82, 2.24) is 5.32 Å². The van der Waals surface area contributed by atoms with E-state index in [4.69, 9.17) is 0 Å². The minimum absolute atomic E-state index is 0.0502. The Morgan fingerprint density at radius 2 is 1.70 bits per heavy atom. The smallest absolute Gasteiger partial charge is 0.232 e. The highest BCUT2D eigenvalue weighted by Crippen LogP contribution is 2.27. The molecule has 0 heterocycles. The first-order chi connectivity index (χ1) is 10.5. The Hall–Kier alpha value is -1.56. The molecule has 0 bridgehead atoms. The molecule has 0 fully saturated rings. The van der Waals surface area contributed by atoms with Gasteiger partial charge in [0.05, 0.1) is 18.5 Å². The van der Waals surface area contributed by atoms with Gasteiger partial charge in [-0.05, 0) is 37.8 Å². The Bertz CT molecular complexity index is 643. The molecule has 0 unspecified atom stereocenters. The number of carbonyl (C=O) groups excluding carboxylic acids is 1. The van der Waals surface area contributed by atoms with Gasteiger partial charge in [0.1, 0.15) is 0 Å². The van der Waals surface area contributed by atoms with Crippen LogP contribution in [0.25, 0.3) is 0 Å². The number of nitrogens with one attached hydrogen (secondary N) is 1. The lowest BCUT2D eigenvalue weighted by Gasteiger charge is -2.26. The van der Waals surface area contributed by atoms with Crippen LogP contribution in [0.5, 0.6) is 0 Å². The topological polar surface area (TPSA) is 66.5 Å². The average Bonchev–Trinajstić information content (AvgIpc) is 2.33. The van der Waals surface area contributed by atoms with E-state index in [2.05, 4.69) is 5.32 Å². The fourth-order valence-corrected chi connectivity index (χ4v) is 3.79. The molecule has 1 aromatic rings. The van der Waals surface area contributed by atoms with Gasteiger partial charge in [-0.25, -0.2) is 8.42 Å². The third kappa shape index (κ3) is 5.86. The summed E-state index contributed by atoms with van der Waals surface area (Å²) in [5.41, 5.74) is 3.64. The molecule has 0 saturated heterocycles. The molecule has 1 N–H and O–H groups in total. The third-order valence-electron chi connectivity index (χ3n) is 3.52. The molecule has 6 heteroatoms. The van der Waals surface area contributed by atoms with Crippen molar-refractivity contribution in [2.75, 3.05) is 23.7 Å². The lowest BCUT2D eigenvalue weighted by molar-refractivity contribution is -0.121. The fourth-order valence-electron chi connectivity index (χ4n) is 2.75. The van der Waals surface area contributed by atoms with Gasteiger partial charge in [0.15, 0.2) is 0 Å². The van der Waals surface area contributed by atoms with Crippen LogP contribution < -0.4 is 9.62 Å². The average molecular weight is 340 g/mol. The molecule has 0 aliphatic heterocycles. The maximum atomic E-state index is 12.2. The normalized spacial score (nSPS) is 11.6. The van der Waals surface area contributed by atoms with E-state index in [0.29, 0.717) is 18.7 Å². The van der Waals surface area contributed by atoms with Gasteiger partial charge in [-0.15, -0.1) is 0 Å². The zero-order valence-corrected chi connectivity index (χ0v) is 15.8. The number of rotatable bonds is 7. The standard InChI is InChI=1S/C17H28N2O3S/c1-12(2)9-16(20)18-7-8-19(23(6,21)22)17-14(4)10-13(3)11-15(17)5/h10-12H,7-9H2,1-6H3,(H,18,20). The lowest BCUT2D eigenvalue weighted by atomic mass is 10.1. The number of benzene rings is 1. The number of hydrogen-bond acceptors (Lipinski definition) is 3. The highest BCUT2D eigenvalue weighted by molar-refractivity contribution is 7.92. The van der Waals surface area contributed by atoms with Crippen molar-refractivity contribution in [2.24, 2.45) is 5.92 Å². The number of hydrogen-bond donors (Lipinski definition) is 1. The van der Waals surface area contributed by atoms with Crippen LogP contribution in [-0.2, 0) is 14.8 Å². The second kappa shape index (κ2) is 7.81. The van der Waals surface area contributed by atoms with Gasteiger partial charge >= 0.3 is 0 Å². The molecule has 0 aromatic heterocycles. The summed E-state index contributed by atoms with van der Waals surface area (Å²) in [6.07, 6.45) is 1.64. The molecule has 0 aliphatic carbocycles. The minimum atomic E-state index is -3.41. The van der Waals surface area contributed by atoms with E-state index >= 15 is 0 Å². The number of anilines is 1. The Morgan fingerprint density at radius 1 is 1.17 bits per heavy atom. The van der Waals surface area contributed by atoms with Crippen molar-refractivity contribution in [2.45, 2.75) is 41.0 Å². The molecule has 1 rings (SSSR count). The lowest BCUT2D eigenvalue weighted by Crippen LogP contribution is -2.39. The highest BCUT2D eigenvalue weighted by atomic mass is 32.2. The largest absolute Gasteiger partial charge is 0.354 e. The van der Waals surface area contributed by atoms with Gasteiger partial charge in [0, 0.05) is 13.0 Å². The van der Waals surface area contributed by atoms with Gasteiger partial charge in [-0.1, -0.05) is 31.5 Å². The number of sulfonamides is 1. The third-order valence-corrected chi connectivity index (χ3v) is 4.68. The van der Waals surface area contributed by atoms with Crippen LogP contribution in [0.15, 0.2) is 12.1 Å². The summed E-state index contributed by atoms with van der Waals surface area (Å²) in [5.74, 6) is 0.230. The highest BCUT2D eigenvalue weighted by Gasteiger charge is 2.21. The molecule has 23 heavy (non-hydrogen) atoms. The first kappa shape index (κ1) is 19.5. The predicted molar refractivity (Wildman–Crippen MR) is 95.3 cm³/mol. The summed E-state index contributed by atoms with van der Waals surface area (Å²) in [5, 5.41) is 2.79. The number of nitrogens with zero attached hydrogens (tertiary/aromatic N) is 1. The number of aryl methyl sites for hydroxylation is 3.